The number of fused-ring (bicyclic) bond motifs is 3. The van der Waals surface area contributed by atoms with Crippen LogP contribution in [0, 0.1) is 0 Å². The molecule has 0 aliphatic heterocycles. The molecule has 2 aromatic heterocycles. The minimum atomic E-state index is -0.144. The Morgan fingerprint density at radius 3 is 2.77 bits per heavy atom. The molecule has 0 saturated heterocycles. The lowest BCUT2D eigenvalue weighted by Crippen LogP contribution is -2.22. The lowest BCUT2D eigenvalue weighted by atomic mass is 10.0. The van der Waals surface area contributed by atoms with Gasteiger partial charge in [0.1, 0.15) is 0 Å². The zero-order valence-corrected chi connectivity index (χ0v) is 18.2. The average Bonchev–Trinajstić information content (AvgIpc) is 3.19. The summed E-state index contributed by atoms with van der Waals surface area (Å²) in [6.45, 7) is 8.28. The summed E-state index contributed by atoms with van der Waals surface area (Å²) in [6.07, 6.45) is 1.65. The first-order valence-electron chi connectivity index (χ1n) is 9.99. The van der Waals surface area contributed by atoms with Crippen molar-refractivity contribution in [2.75, 3.05) is 11.1 Å². The summed E-state index contributed by atoms with van der Waals surface area (Å²) >= 11 is 1.28. The highest BCUT2D eigenvalue weighted by Crippen LogP contribution is 2.23. The Kier molecular flexibility index (Phi) is 5.90. The molecule has 0 atom stereocenters. The lowest BCUT2D eigenvalue weighted by Gasteiger charge is -2.10. The molecule has 4 rings (SSSR count). The van der Waals surface area contributed by atoms with Gasteiger partial charge >= 0.3 is 0 Å². The summed E-state index contributed by atoms with van der Waals surface area (Å²) in [4.78, 5) is 25.4. The predicted octanol–water partition coefficient (Wildman–Crippen LogP) is 4.08. The van der Waals surface area contributed by atoms with Crippen molar-refractivity contribution in [3.63, 3.8) is 0 Å². The van der Waals surface area contributed by atoms with Crippen LogP contribution in [0.5, 0.6) is 0 Å². The molecule has 0 unspecified atom stereocenters. The fraction of sp³-hybridized carbons (Fsp3) is 0.217. The second kappa shape index (κ2) is 8.77. The number of carbonyl (C=O) groups is 1. The largest absolute Gasteiger partial charge is 0.325 e. The first kappa shape index (κ1) is 20.9. The molecular weight excluding hydrogens is 410 g/mol. The number of nitrogens with one attached hydrogen (secondary N) is 1. The fourth-order valence-corrected chi connectivity index (χ4v) is 4.16. The van der Waals surface area contributed by atoms with E-state index >= 15 is 0 Å². The van der Waals surface area contributed by atoms with Gasteiger partial charge in [0.15, 0.2) is 5.16 Å². The predicted molar refractivity (Wildman–Crippen MR) is 125 cm³/mol. The fourth-order valence-electron chi connectivity index (χ4n) is 3.42. The van der Waals surface area contributed by atoms with E-state index in [1.165, 1.54) is 21.9 Å². The third-order valence-electron chi connectivity index (χ3n) is 4.96. The van der Waals surface area contributed by atoms with E-state index in [1.54, 1.807) is 12.1 Å². The van der Waals surface area contributed by atoms with E-state index in [1.807, 2.05) is 46.9 Å². The van der Waals surface area contributed by atoms with E-state index in [2.05, 4.69) is 35.9 Å². The number of amides is 1. The minimum Gasteiger partial charge on any atom is -0.325 e. The van der Waals surface area contributed by atoms with Crippen LogP contribution in [0.1, 0.15) is 25.3 Å². The molecule has 0 radical (unpaired) electrons. The summed E-state index contributed by atoms with van der Waals surface area (Å²) in [5, 5.41) is 12.5. The standard InChI is InChI=1S/C23H23N5O2S/c1-4-12-27-21(30)18-10-5-6-11-19(18)28-22(27)25-26-23(28)31-14-20(29)24-17-9-7-8-16(13-17)15(2)3/h4-11,13,15H,1,12,14H2,2-3H3,(H,24,29). The number of thioether (sulfide) groups is 1. The van der Waals surface area contributed by atoms with Crippen LogP contribution in [0.15, 0.2) is 71.1 Å². The molecule has 0 aliphatic rings. The van der Waals surface area contributed by atoms with Gasteiger partial charge in [-0.15, -0.1) is 16.8 Å². The summed E-state index contributed by atoms with van der Waals surface area (Å²) < 4.78 is 3.35. The normalized spacial score (nSPS) is 11.3. The Morgan fingerprint density at radius 1 is 1.19 bits per heavy atom. The van der Waals surface area contributed by atoms with Gasteiger partial charge < -0.3 is 5.32 Å². The molecule has 0 spiro atoms. The first-order chi connectivity index (χ1) is 15.0. The van der Waals surface area contributed by atoms with Gasteiger partial charge in [0, 0.05) is 12.2 Å². The third kappa shape index (κ3) is 4.11. The Morgan fingerprint density at radius 2 is 2.00 bits per heavy atom. The van der Waals surface area contributed by atoms with Crippen molar-refractivity contribution in [3.05, 3.63) is 77.1 Å². The maximum absolute atomic E-state index is 12.8. The van der Waals surface area contributed by atoms with E-state index in [0.29, 0.717) is 34.3 Å². The summed E-state index contributed by atoms with van der Waals surface area (Å²) in [6, 6.07) is 15.2. The molecule has 0 fully saturated rings. The second-order valence-electron chi connectivity index (χ2n) is 7.46. The maximum atomic E-state index is 12.8. The highest BCUT2D eigenvalue weighted by Gasteiger charge is 2.17. The number of nitrogens with zero attached hydrogens (tertiary/aromatic N) is 4. The molecule has 0 saturated carbocycles. The van der Waals surface area contributed by atoms with Gasteiger partial charge in [-0.3, -0.25) is 18.6 Å². The first-order valence-corrected chi connectivity index (χ1v) is 11.0. The molecule has 0 aliphatic carbocycles. The molecule has 4 aromatic rings. The average molecular weight is 434 g/mol. The molecule has 7 nitrogen and oxygen atoms in total. The number of para-hydroxylation sites is 1. The monoisotopic (exact) mass is 433 g/mol. The molecular formula is C23H23N5O2S. The number of aromatic nitrogens is 4. The summed E-state index contributed by atoms with van der Waals surface area (Å²) in [5.41, 5.74) is 2.50. The van der Waals surface area contributed by atoms with Crippen LogP contribution in [0.2, 0.25) is 0 Å². The molecule has 0 bridgehead atoms. The van der Waals surface area contributed by atoms with E-state index < -0.39 is 0 Å². The number of anilines is 1. The minimum absolute atomic E-state index is 0.133. The van der Waals surface area contributed by atoms with Crippen molar-refractivity contribution in [1.82, 2.24) is 19.2 Å². The topological polar surface area (TPSA) is 81.3 Å². The molecule has 1 amide bonds. The Hall–Kier alpha value is -3.39. The van der Waals surface area contributed by atoms with Crippen LogP contribution in [0.4, 0.5) is 5.69 Å². The number of carbonyl (C=O) groups excluding carboxylic acids is 1. The van der Waals surface area contributed by atoms with Crippen molar-refractivity contribution in [2.24, 2.45) is 0 Å². The lowest BCUT2D eigenvalue weighted by molar-refractivity contribution is -0.113. The van der Waals surface area contributed by atoms with Gasteiger partial charge in [-0.25, -0.2) is 0 Å². The molecule has 1 N–H and O–H groups in total. The van der Waals surface area contributed by atoms with Gasteiger partial charge in [-0.2, -0.15) is 0 Å². The summed E-state index contributed by atoms with van der Waals surface area (Å²) in [7, 11) is 0. The van der Waals surface area contributed by atoms with Gasteiger partial charge in [-0.05, 0) is 35.7 Å². The van der Waals surface area contributed by atoms with Crippen LogP contribution in [-0.2, 0) is 11.3 Å². The quantitative estimate of drug-likeness (QED) is 0.351. The number of allylic oxidation sites excluding steroid dienone is 1. The van der Waals surface area contributed by atoms with E-state index in [4.69, 9.17) is 0 Å². The van der Waals surface area contributed by atoms with E-state index in [9.17, 15) is 9.59 Å². The highest BCUT2D eigenvalue weighted by molar-refractivity contribution is 7.99. The summed E-state index contributed by atoms with van der Waals surface area (Å²) in [5.74, 6) is 0.847. The van der Waals surface area contributed by atoms with E-state index in [0.717, 1.165) is 5.69 Å². The Labute approximate surface area is 183 Å². The Bertz CT molecular complexity index is 1340. The maximum Gasteiger partial charge on any atom is 0.263 e. The number of benzene rings is 2. The Balaban J connectivity index is 1.62. The number of rotatable bonds is 7. The third-order valence-corrected chi connectivity index (χ3v) is 5.89. The zero-order valence-electron chi connectivity index (χ0n) is 17.4. The number of hydrogen-bond donors (Lipinski definition) is 1. The van der Waals surface area contributed by atoms with Crippen molar-refractivity contribution in [2.45, 2.75) is 31.5 Å². The molecule has 2 heterocycles. The van der Waals surface area contributed by atoms with Crippen LogP contribution >= 0.6 is 11.8 Å². The number of hydrogen-bond acceptors (Lipinski definition) is 5. The van der Waals surface area contributed by atoms with Gasteiger partial charge in [0.25, 0.3) is 5.56 Å². The van der Waals surface area contributed by atoms with Crippen LogP contribution in [0.25, 0.3) is 16.7 Å². The molecule has 158 valence electrons. The SMILES string of the molecule is C=CCn1c(=O)c2ccccc2n2c(SCC(=O)Nc3cccc(C(C)C)c3)nnc12. The van der Waals surface area contributed by atoms with Crippen LogP contribution < -0.4 is 10.9 Å². The molecule has 8 heteroatoms. The van der Waals surface area contributed by atoms with Crippen molar-refractivity contribution in [3.8, 4) is 0 Å². The van der Waals surface area contributed by atoms with Crippen molar-refractivity contribution < 1.29 is 4.79 Å². The van der Waals surface area contributed by atoms with Gasteiger partial charge in [-0.1, -0.05) is 56.0 Å². The van der Waals surface area contributed by atoms with Crippen molar-refractivity contribution in [1.29, 1.82) is 0 Å². The van der Waals surface area contributed by atoms with Crippen LogP contribution in [0.3, 0.4) is 0 Å². The van der Waals surface area contributed by atoms with Crippen molar-refractivity contribution >= 4 is 40.0 Å². The van der Waals surface area contributed by atoms with Gasteiger partial charge in [0.05, 0.1) is 16.7 Å². The smallest absolute Gasteiger partial charge is 0.263 e. The zero-order chi connectivity index (χ0) is 22.0. The molecule has 31 heavy (non-hydrogen) atoms. The van der Waals surface area contributed by atoms with E-state index in [-0.39, 0.29) is 17.2 Å². The highest BCUT2D eigenvalue weighted by atomic mass is 32.2. The second-order valence-corrected chi connectivity index (χ2v) is 8.40. The van der Waals surface area contributed by atoms with Crippen LogP contribution in [-0.4, -0.2) is 30.8 Å². The van der Waals surface area contributed by atoms with Gasteiger partial charge in [0.2, 0.25) is 11.7 Å². The molecule has 2 aromatic carbocycles.